The lowest BCUT2D eigenvalue weighted by atomic mass is 9.82. The predicted octanol–water partition coefficient (Wildman–Crippen LogP) is 6.37. The SMILES string of the molecule is CC1=C(C(=O)OC(C)(C)C)C(c2ccc(Cl)cc2)C(C#N)=C(SCC(=O)Nc2cccc(C)c2C)N1. The summed E-state index contributed by atoms with van der Waals surface area (Å²) >= 11 is 7.32. The van der Waals surface area contributed by atoms with Gasteiger partial charge in [-0.05, 0) is 76.4 Å². The molecule has 1 atom stereocenters. The first-order valence-electron chi connectivity index (χ1n) is 11.5. The number of rotatable bonds is 6. The number of carbonyl (C=O) groups excluding carboxylic acids is 2. The van der Waals surface area contributed by atoms with Crippen LogP contribution >= 0.6 is 23.4 Å². The summed E-state index contributed by atoms with van der Waals surface area (Å²) in [4.78, 5) is 26.0. The zero-order valence-corrected chi connectivity index (χ0v) is 22.9. The second kappa shape index (κ2) is 11.2. The quantitative estimate of drug-likeness (QED) is 0.428. The molecule has 0 saturated carbocycles. The first kappa shape index (κ1) is 27.4. The lowest BCUT2D eigenvalue weighted by Gasteiger charge is -2.31. The van der Waals surface area contributed by atoms with Crippen molar-refractivity contribution >= 4 is 40.9 Å². The predicted molar refractivity (Wildman–Crippen MR) is 146 cm³/mol. The lowest BCUT2D eigenvalue weighted by molar-refractivity contribution is -0.150. The number of aryl methyl sites for hydroxylation is 1. The number of ether oxygens (including phenoxy) is 1. The van der Waals surface area contributed by atoms with Crippen LogP contribution in [-0.2, 0) is 14.3 Å². The second-order valence-corrected chi connectivity index (χ2v) is 11.0. The number of nitrogens with one attached hydrogen (secondary N) is 2. The van der Waals surface area contributed by atoms with Gasteiger partial charge in [-0.1, -0.05) is 47.6 Å². The van der Waals surface area contributed by atoms with E-state index in [0.29, 0.717) is 26.9 Å². The van der Waals surface area contributed by atoms with Crippen LogP contribution in [0.25, 0.3) is 0 Å². The summed E-state index contributed by atoms with van der Waals surface area (Å²) in [5.41, 5.74) is 4.15. The van der Waals surface area contributed by atoms with E-state index < -0.39 is 17.5 Å². The number of benzene rings is 2. The maximum atomic E-state index is 13.2. The number of halogens is 1. The van der Waals surface area contributed by atoms with Crippen LogP contribution in [0.1, 0.15) is 50.3 Å². The first-order valence-corrected chi connectivity index (χ1v) is 12.9. The molecule has 1 unspecified atom stereocenters. The maximum absolute atomic E-state index is 13.2. The van der Waals surface area contributed by atoms with Crippen molar-refractivity contribution in [3.8, 4) is 6.07 Å². The van der Waals surface area contributed by atoms with Crippen LogP contribution in [0.15, 0.2) is 64.3 Å². The third kappa shape index (κ3) is 6.51. The molecule has 1 aliphatic heterocycles. The fraction of sp³-hybridized carbons (Fsp3) is 0.321. The van der Waals surface area contributed by atoms with E-state index in [-0.39, 0.29) is 11.7 Å². The molecule has 0 aromatic heterocycles. The Balaban J connectivity index is 1.92. The largest absolute Gasteiger partial charge is 0.457 e. The Morgan fingerprint density at radius 3 is 2.42 bits per heavy atom. The summed E-state index contributed by atoms with van der Waals surface area (Å²) in [5, 5.41) is 17.4. The van der Waals surface area contributed by atoms with E-state index in [0.717, 1.165) is 22.4 Å². The maximum Gasteiger partial charge on any atom is 0.337 e. The smallest absolute Gasteiger partial charge is 0.337 e. The van der Waals surface area contributed by atoms with Crippen LogP contribution in [0.4, 0.5) is 5.69 Å². The molecule has 0 radical (unpaired) electrons. The molecule has 0 fully saturated rings. The Morgan fingerprint density at radius 1 is 1.14 bits per heavy atom. The van der Waals surface area contributed by atoms with Gasteiger partial charge in [0.1, 0.15) is 5.60 Å². The Morgan fingerprint density at radius 2 is 1.81 bits per heavy atom. The third-order valence-corrected chi connectivity index (χ3v) is 6.97. The van der Waals surface area contributed by atoms with Crippen LogP contribution in [0, 0.1) is 25.2 Å². The minimum Gasteiger partial charge on any atom is -0.457 e. The normalized spacial score (nSPS) is 15.8. The summed E-state index contributed by atoms with van der Waals surface area (Å²) in [6.07, 6.45) is 0. The molecule has 0 spiro atoms. The summed E-state index contributed by atoms with van der Waals surface area (Å²) in [6.45, 7) is 11.1. The van der Waals surface area contributed by atoms with Crippen molar-refractivity contribution < 1.29 is 14.3 Å². The highest BCUT2D eigenvalue weighted by atomic mass is 35.5. The van der Waals surface area contributed by atoms with Crippen LogP contribution < -0.4 is 10.6 Å². The van der Waals surface area contributed by atoms with Crippen molar-refractivity contribution in [3.63, 3.8) is 0 Å². The van der Waals surface area contributed by atoms with E-state index in [1.165, 1.54) is 11.8 Å². The molecule has 3 rings (SSSR count). The van der Waals surface area contributed by atoms with Gasteiger partial charge in [0.25, 0.3) is 0 Å². The third-order valence-electron chi connectivity index (χ3n) is 5.70. The van der Waals surface area contributed by atoms with Gasteiger partial charge < -0.3 is 15.4 Å². The molecule has 2 aromatic carbocycles. The molecule has 0 aliphatic carbocycles. The number of nitriles is 1. The van der Waals surface area contributed by atoms with Gasteiger partial charge in [0.05, 0.1) is 33.9 Å². The van der Waals surface area contributed by atoms with Gasteiger partial charge in [-0.2, -0.15) is 5.26 Å². The number of anilines is 1. The molecule has 36 heavy (non-hydrogen) atoms. The average Bonchev–Trinajstić information content (AvgIpc) is 2.79. The highest BCUT2D eigenvalue weighted by Gasteiger charge is 2.37. The fourth-order valence-electron chi connectivity index (χ4n) is 3.83. The number of thioether (sulfide) groups is 1. The van der Waals surface area contributed by atoms with Crippen molar-refractivity contribution in [2.24, 2.45) is 0 Å². The van der Waals surface area contributed by atoms with Gasteiger partial charge in [0.15, 0.2) is 0 Å². The molecule has 2 N–H and O–H groups in total. The minimum absolute atomic E-state index is 0.0866. The number of allylic oxidation sites excluding steroid dienone is 2. The van der Waals surface area contributed by atoms with Gasteiger partial charge in [-0.15, -0.1) is 0 Å². The van der Waals surface area contributed by atoms with Crippen molar-refractivity contribution in [1.29, 1.82) is 5.26 Å². The fourth-order valence-corrected chi connectivity index (χ4v) is 4.85. The molecular formula is C28H30ClN3O3S. The average molecular weight is 524 g/mol. The molecular weight excluding hydrogens is 494 g/mol. The van der Waals surface area contributed by atoms with E-state index in [1.807, 2.05) is 32.0 Å². The first-order chi connectivity index (χ1) is 16.9. The Kier molecular flexibility index (Phi) is 8.55. The van der Waals surface area contributed by atoms with Crippen LogP contribution in [0.3, 0.4) is 0 Å². The van der Waals surface area contributed by atoms with Gasteiger partial charge in [0.2, 0.25) is 5.91 Å². The Labute approximate surface area is 221 Å². The number of hydrogen-bond donors (Lipinski definition) is 2. The number of nitrogens with zero attached hydrogens (tertiary/aromatic N) is 1. The van der Waals surface area contributed by atoms with Crippen molar-refractivity contribution in [2.75, 3.05) is 11.1 Å². The van der Waals surface area contributed by atoms with Crippen molar-refractivity contribution in [1.82, 2.24) is 5.32 Å². The van der Waals surface area contributed by atoms with E-state index >= 15 is 0 Å². The van der Waals surface area contributed by atoms with Gasteiger partial charge in [-0.3, -0.25) is 4.79 Å². The molecule has 0 saturated heterocycles. The van der Waals surface area contributed by atoms with Gasteiger partial charge in [0, 0.05) is 16.4 Å². The van der Waals surface area contributed by atoms with Gasteiger partial charge >= 0.3 is 5.97 Å². The van der Waals surface area contributed by atoms with Crippen molar-refractivity contribution in [3.05, 3.63) is 86.0 Å². The zero-order valence-electron chi connectivity index (χ0n) is 21.3. The van der Waals surface area contributed by atoms with E-state index in [4.69, 9.17) is 16.3 Å². The minimum atomic E-state index is -0.702. The molecule has 8 heteroatoms. The zero-order chi connectivity index (χ0) is 26.6. The molecule has 6 nitrogen and oxygen atoms in total. The topological polar surface area (TPSA) is 91.2 Å². The lowest BCUT2D eigenvalue weighted by Crippen LogP contribution is -2.32. The monoisotopic (exact) mass is 523 g/mol. The summed E-state index contributed by atoms with van der Waals surface area (Å²) in [5.74, 6) is -1.27. The highest BCUT2D eigenvalue weighted by Crippen LogP contribution is 2.41. The van der Waals surface area contributed by atoms with Gasteiger partial charge in [-0.25, -0.2) is 4.79 Å². The number of amides is 1. The van der Waals surface area contributed by atoms with E-state index in [2.05, 4.69) is 16.7 Å². The molecule has 0 bridgehead atoms. The van der Waals surface area contributed by atoms with Crippen LogP contribution in [0.2, 0.25) is 5.02 Å². The summed E-state index contributed by atoms with van der Waals surface area (Å²) in [6, 6.07) is 15.0. The molecule has 188 valence electrons. The number of hydrogen-bond acceptors (Lipinski definition) is 6. The van der Waals surface area contributed by atoms with Crippen LogP contribution in [0.5, 0.6) is 0 Å². The summed E-state index contributed by atoms with van der Waals surface area (Å²) < 4.78 is 5.67. The number of esters is 1. The Bertz CT molecular complexity index is 1280. The molecule has 1 aliphatic rings. The standard InChI is InChI=1S/C28H30ClN3O3S/c1-16-8-7-9-22(17(16)2)32-23(33)15-36-26-21(14-30)25(19-10-12-20(29)13-11-19)24(18(3)31-26)27(34)35-28(4,5)6/h7-13,25,31H,15H2,1-6H3,(H,32,33). The van der Waals surface area contributed by atoms with E-state index in [9.17, 15) is 14.9 Å². The molecule has 2 aromatic rings. The molecule has 1 amide bonds. The molecule has 1 heterocycles. The summed E-state index contributed by atoms with van der Waals surface area (Å²) in [7, 11) is 0. The number of carbonyl (C=O) groups is 2. The van der Waals surface area contributed by atoms with E-state index in [1.54, 1.807) is 52.0 Å². The van der Waals surface area contributed by atoms with Crippen LogP contribution in [-0.4, -0.2) is 23.2 Å². The second-order valence-electron chi connectivity index (χ2n) is 9.59. The highest BCUT2D eigenvalue weighted by molar-refractivity contribution is 8.03. The number of dihydropyridines is 1. The Hall–Kier alpha value is -3.21. The van der Waals surface area contributed by atoms with Crippen molar-refractivity contribution in [2.45, 2.75) is 53.1 Å².